The molecule has 0 spiro atoms. The topological polar surface area (TPSA) is 37.0 Å². The largest absolute Gasteiger partial charge is 0.313 e. The van der Waals surface area contributed by atoms with Gasteiger partial charge in [-0.15, -0.1) is 11.3 Å². The molecule has 20 heavy (non-hydrogen) atoms. The smallest absolute Gasteiger partial charge is 0.0940 e. The summed E-state index contributed by atoms with van der Waals surface area (Å²) < 4.78 is 0. The molecule has 2 aromatic rings. The first-order valence-corrected chi connectivity index (χ1v) is 8.14. The molecule has 1 aromatic carbocycles. The van der Waals surface area contributed by atoms with E-state index in [1.165, 1.54) is 16.1 Å². The highest BCUT2D eigenvalue weighted by Crippen LogP contribution is 2.23. The summed E-state index contributed by atoms with van der Waals surface area (Å²) in [6, 6.07) is 9.21. The van der Waals surface area contributed by atoms with Gasteiger partial charge in [0.2, 0.25) is 0 Å². The van der Waals surface area contributed by atoms with Gasteiger partial charge < -0.3 is 10.6 Å². The van der Waals surface area contributed by atoms with Gasteiger partial charge in [-0.05, 0) is 31.0 Å². The molecule has 1 unspecified atom stereocenters. The molecular weight excluding hydrogens is 266 g/mol. The van der Waals surface area contributed by atoms with Crippen LogP contribution >= 0.6 is 11.3 Å². The molecule has 1 aromatic heterocycles. The zero-order chi connectivity index (χ0) is 13.8. The van der Waals surface area contributed by atoms with E-state index in [1.807, 2.05) is 0 Å². The van der Waals surface area contributed by atoms with Gasteiger partial charge in [0.15, 0.2) is 0 Å². The summed E-state index contributed by atoms with van der Waals surface area (Å²) in [7, 11) is 0. The minimum absolute atomic E-state index is 0.460. The lowest BCUT2D eigenvalue weighted by Crippen LogP contribution is -2.25. The molecule has 0 saturated heterocycles. The first-order valence-electron chi connectivity index (χ1n) is 7.26. The van der Waals surface area contributed by atoms with E-state index in [2.05, 4.69) is 52.2 Å². The predicted octanol–water partition coefficient (Wildman–Crippen LogP) is 2.82. The monoisotopic (exact) mass is 287 g/mol. The Labute approximate surface area is 124 Å². The van der Waals surface area contributed by atoms with Crippen LogP contribution in [-0.4, -0.2) is 18.1 Å². The van der Waals surface area contributed by atoms with E-state index in [0.717, 1.165) is 38.2 Å². The van der Waals surface area contributed by atoms with Gasteiger partial charge in [-0.25, -0.2) is 4.98 Å². The highest BCUT2D eigenvalue weighted by Gasteiger charge is 2.17. The van der Waals surface area contributed by atoms with E-state index in [4.69, 9.17) is 0 Å². The van der Waals surface area contributed by atoms with Crippen molar-refractivity contribution in [3.05, 3.63) is 51.5 Å². The van der Waals surface area contributed by atoms with Gasteiger partial charge in [-0.1, -0.05) is 24.3 Å². The Morgan fingerprint density at radius 3 is 3.15 bits per heavy atom. The number of nitrogens with one attached hydrogen (secondary N) is 2. The van der Waals surface area contributed by atoms with Gasteiger partial charge in [0, 0.05) is 36.6 Å². The van der Waals surface area contributed by atoms with Crippen LogP contribution in [0, 0.1) is 6.92 Å². The Kier molecular flexibility index (Phi) is 4.45. The SMILES string of the molecule is Cc1csc(CCNC2CCNCc3ccccc32)n1. The summed E-state index contributed by atoms with van der Waals surface area (Å²) in [5, 5.41) is 10.6. The molecule has 106 valence electrons. The standard InChI is InChI=1S/C16H21N3S/c1-12-11-20-16(19-12)7-9-18-15-6-8-17-10-13-4-2-3-5-14(13)15/h2-5,11,15,17-18H,6-10H2,1H3. The van der Waals surface area contributed by atoms with Crippen molar-refractivity contribution in [1.82, 2.24) is 15.6 Å². The van der Waals surface area contributed by atoms with Crippen LogP contribution in [0.4, 0.5) is 0 Å². The molecular formula is C16H21N3S. The molecule has 0 bridgehead atoms. The van der Waals surface area contributed by atoms with Crippen molar-refractivity contribution in [2.24, 2.45) is 0 Å². The molecule has 3 rings (SSSR count). The second-order valence-corrected chi connectivity index (χ2v) is 6.25. The number of aryl methyl sites for hydroxylation is 1. The summed E-state index contributed by atoms with van der Waals surface area (Å²) in [6.45, 7) is 5.11. The van der Waals surface area contributed by atoms with Crippen molar-refractivity contribution in [3.63, 3.8) is 0 Å². The highest BCUT2D eigenvalue weighted by molar-refractivity contribution is 7.09. The zero-order valence-corrected chi connectivity index (χ0v) is 12.7. The average molecular weight is 287 g/mol. The predicted molar refractivity (Wildman–Crippen MR) is 84.1 cm³/mol. The first-order chi connectivity index (χ1) is 9.83. The molecule has 4 heteroatoms. The Morgan fingerprint density at radius 1 is 1.40 bits per heavy atom. The highest BCUT2D eigenvalue weighted by atomic mass is 32.1. The molecule has 0 radical (unpaired) electrons. The lowest BCUT2D eigenvalue weighted by atomic mass is 9.99. The van der Waals surface area contributed by atoms with Gasteiger partial charge in [0.25, 0.3) is 0 Å². The van der Waals surface area contributed by atoms with Gasteiger partial charge in [0.05, 0.1) is 5.01 Å². The van der Waals surface area contributed by atoms with Crippen molar-refractivity contribution in [2.45, 2.75) is 32.4 Å². The summed E-state index contributed by atoms with van der Waals surface area (Å²) in [5.74, 6) is 0. The van der Waals surface area contributed by atoms with Gasteiger partial charge in [-0.3, -0.25) is 0 Å². The van der Waals surface area contributed by atoms with Crippen LogP contribution in [0.3, 0.4) is 0 Å². The maximum Gasteiger partial charge on any atom is 0.0940 e. The fourth-order valence-corrected chi connectivity index (χ4v) is 3.52. The average Bonchev–Trinajstić information content (AvgIpc) is 2.76. The van der Waals surface area contributed by atoms with Gasteiger partial charge >= 0.3 is 0 Å². The quantitative estimate of drug-likeness (QED) is 0.908. The number of nitrogens with zero attached hydrogens (tertiary/aromatic N) is 1. The number of benzene rings is 1. The fraction of sp³-hybridized carbons (Fsp3) is 0.438. The van der Waals surface area contributed by atoms with E-state index >= 15 is 0 Å². The van der Waals surface area contributed by atoms with Crippen LogP contribution in [0.15, 0.2) is 29.6 Å². The van der Waals surface area contributed by atoms with Crippen LogP contribution in [0.25, 0.3) is 0 Å². The normalized spacial score (nSPS) is 18.6. The number of hydrogen-bond acceptors (Lipinski definition) is 4. The van der Waals surface area contributed by atoms with E-state index in [9.17, 15) is 0 Å². The lowest BCUT2D eigenvalue weighted by Gasteiger charge is -2.18. The van der Waals surface area contributed by atoms with Crippen molar-refractivity contribution < 1.29 is 0 Å². The van der Waals surface area contributed by atoms with E-state index in [1.54, 1.807) is 11.3 Å². The Hall–Kier alpha value is -1.23. The summed E-state index contributed by atoms with van der Waals surface area (Å²) in [5.41, 5.74) is 4.01. The molecule has 2 heterocycles. The van der Waals surface area contributed by atoms with Crippen molar-refractivity contribution >= 4 is 11.3 Å². The minimum Gasteiger partial charge on any atom is -0.313 e. The molecule has 2 N–H and O–H groups in total. The molecule has 3 nitrogen and oxygen atoms in total. The van der Waals surface area contributed by atoms with E-state index in [-0.39, 0.29) is 0 Å². The molecule has 1 atom stereocenters. The second-order valence-electron chi connectivity index (χ2n) is 5.30. The first kappa shape index (κ1) is 13.7. The molecule has 0 saturated carbocycles. The summed E-state index contributed by atoms with van der Waals surface area (Å²) >= 11 is 1.76. The zero-order valence-electron chi connectivity index (χ0n) is 11.9. The molecule has 0 fully saturated rings. The number of rotatable bonds is 4. The molecule has 1 aliphatic rings. The number of thiazole rings is 1. The number of hydrogen-bond donors (Lipinski definition) is 2. The van der Waals surface area contributed by atoms with Crippen molar-refractivity contribution in [1.29, 1.82) is 0 Å². The van der Waals surface area contributed by atoms with E-state index in [0.29, 0.717) is 6.04 Å². The van der Waals surface area contributed by atoms with E-state index < -0.39 is 0 Å². The van der Waals surface area contributed by atoms with Crippen LogP contribution in [-0.2, 0) is 13.0 Å². The third kappa shape index (κ3) is 3.26. The third-order valence-electron chi connectivity index (χ3n) is 3.75. The molecule has 0 amide bonds. The van der Waals surface area contributed by atoms with Crippen LogP contribution in [0.2, 0.25) is 0 Å². The Morgan fingerprint density at radius 2 is 2.30 bits per heavy atom. The van der Waals surface area contributed by atoms with Gasteiger partial charge in [0.1, 0.15) is 0 Å². The fourth-order valence-electron chi connectivity index (χ4n) is 2.74. The maximum absolute atomic E-state index is 4.52. The third-order valence-corrected chi connectivity index (χ3v) is 4.78. The van der Waals surface area contributed by atoms with Crippen LogP contribution in [0.5, 0.6) is 0 Å². The van der Waals surface area contributed by atoms with Crippen molar-refractivity contribution in [2.75, 3.05) is 13.1 Å². The maximum atomic E-state index is 4.52. The summed E-state index contributed by atoms with van der Waals surface area (Å²) in [6.07, 6.45) is 2.17. The number of aromatic nitrogens is 1. The Bertz CT molecular complexity index is 564. The second kappa shape index (κ2) is 6.48. The molecule has 1 aliphatic heterocycles. The van der Waals surface area contributed by atoms with Crippen LogP contribution in [0.1, 0.15) is 34.3 Å². The van der Waals surface area contributed by atoms with Crippen molar-refractivity contribution in [3.8, 4) is 0 Å². The number of fused-ring (bicyclic) bond motifs is 1. The van der Waals surface area contributed by atoms with Crippen LogP contribution < -0.4 is 10.6 Å². The minimum atomic E-state index is 0.460. The van der Waals surface area contributed by atoms with Gasteiger partial charge in [-0.2, -0.15) is 0 Å². The molecule has 0 aliphatic carbocycles. The Balaban J connectivity index is 1.62. The lowest BCUT2D eigenvalue weighted by molar-refractivity contribution is 0.499. The summed E-state index contributed by atoms with van der Waals surface area (Å²) in [4.78, 5) is 4.52.